The number of allylic oxidation sites excluding steroid dienone is 1. The molecule has 0 N–H and O–H groups in total. The van der Waals surface area contributed by atoms with Crippen LogP contribution in [-0.4, -0.2) is 30.8 Å². The molecule has 6 heteroatoms. The standard InChI is InChI=1S/C17H23NO4S/c1-2-22-17(19)14-6-3-4-8-16(14)23(20,21)12-18-11-5-7-15(18)13-9-10-13/h5-7,11,13,16H,2-4,8-10,12H2,1H3. The van der Waals surface area contributed by atoms with Crippen LogP contribution in [0.1, 0.15) is 50.6 Å². The van der Waals surface area contributed by atoms with Gasteiger partial charge in [0.1, 0.15) is 5.88 Å². The second kappa shape index (κ2) is 6.51. The number of sulfone groups is 1. The SMILES string of the molecule is CCOC(=O)C1=CCCCC1S(=O)(=O)Cn1cccc1C1CC1. The zero-order valence-electron chi connectivity index (χ0n) is 13.4. The molecule has 0 radical (unpaired) electrons. The van der Waals surface area contributed by atoms with Gasteiger partial charge in [-0.15, -0.1) is 0 Å². The van der Waals surface area contributed by atoms with Crippen molar-refractivity contribution in [3.63, 3.8) is 0 Å². The molecule has 0 saturated heterocycles. The number of hydrogen-bond acceptors (Lipinski definition) is 4. The second-order valence-corrected chi connectivity index (χ2v) is 8.42. The van der Waals surface area contributed by atoms with Gasteiger partial charge in [-0.05, 0) is 57.1 Å². The lowest BCUT2D eigenvalue weighted by Gasteiger charge is -2.24. The highest BCUT2D eigenvalue weighted by atomic mass is 32.2. The number of carbonyl (C=O) groups is 1. The second-order valence-electron chi connectivity index (χ2n) is 6.27. The minimum atomic E-state index is -3.45. The average molecular weight is 337 g/mol. The van der Waals surface area contributed by atoms with Crippen molar-refractivity contribution in [3.05, 3.63) is 35.7 Å². The Bertz CT molecular complexity index is 713. The number of esters is 1. The lowest BCUT2D eigenvalue weighted by atomic mass is 9.99. The van der Waals surface area contributed by atoms with Crippen molar-refractivity contribution in [1.29, 1.82) is 0 Å². The lowest BCUT2D eigenvalue weighted by Crippen LogP contribution is -2.33. The summed E-state index contributed by atoms with van der Waals surface area (Å²) in [7, 11) is -3.45. The fraction of sp³-hybridized carbons (Fsp3) is 0.588. The number of hydrogen-bond donors (Lipinski definition) is 0. The van der Waals surface area contributed by atoms with Gasteiger partial charge in [-0.2, -0.15) is 0 Å². The van der Waals surface area contributed by atoms with Crippen molar-refractivity contribution >= 4 is 15.8 Å². The van der Waals surface area contributed by atoms with E-state index >= 15 is 0 Å². The fourth-order valence-corrected chi connectivity index (χ4v) is 5.14. The maximum atomic E-state index is 12.9. The van der Waals surface area contributed by atoms with Crippen LogP contribution in [0.4, 0.5) is 0 Å². The van der Waals surface area contributed by atoms with Gasteiger partial charge in [0.05, 0.1) is 17.4 Å². The van der Waals surface area contributed by atoms with Gasteiger partial charge in [-0.3, -0.25) is 0 Å². The van der Waals surface area contributed by atoms with Crippen molar-refractivity contribution in [2.45, 2.75) is 56.1 Å². The minimum absolute atomic E-state index is 0.0623. The molecule has 1 aromatic heterocycles. The van der Waals surface area contributed by atoms with E-state index in [1.165, 1.54) is 0 Å². The van der Waals surface area contributed by atoms with Crippen LogP contribution in [0, 0.1) is 0 Å². The molecule has 126 valence electrons. The van der Waals surface area contributed by atoms with Crippen LogP contribution in [0.2, 0.25) is 0 Å². The summed E-state index contributed by atoms with van der Waals surface area (Å²) >= 11 is 0. The monoisotopic (exact) mass is 337 g/mol. The Hall–Kier alpha value is -1.56. The van der Waals surface area contributed by atoms with Gasteiger partial charge in [0.2, 0.25) is 0 Å². The van der Waals surface area contributed by atoms with E-state index in [1.54, 1.807) is 13.0 Å². The summed E-state index contributed by atoms with van der Waals surface area (Å²) in [4.78, 5) is 12.1. The molecule has 2 aliphatic rings. The normalized spacial score (nSPS) is 21.8. The third kappa shape index (κ3) is 3.52. The van der Waals surface area contributed by atoms with Crippen molar-refractivity contribution in [2.24, 2.45) is 0 Å². The maximum absolute atomic E-state index is 12.9. The summed E-state index contributed by atoms with van der Waals surface area (Å²) in [6.07, 6.45) is 7.82. The molecule has 0 amide bonds. The van der Waals surface area contributed by atoms with Crippen molar-refractivity contribution in [3.8, 4) is 0 Å². The fourth-order valence-electron chi connectivity index (χ4n) is 3.23. The predicted molar refractivity (Wildman–Crippen MR) is 87.7 cm³/mol. The van der Waals surface area contributed by atoms with Crippen LogP contribution in [0.25, 0.3) is 0 Å². The molecule has 1 saturated carbocycles. The van der Waals surface area contributed by atoms with E-state index in [-0.39, 0.29) is 12.5 Å². The van der Waals surface area contributed by atoms with Crippen LogP contribution in [0.15, 0.2) is 30.0 Å². The molecule has 0 spiro atoms. The smallest absolute Gasteiger partial charge is 0.335 e. The summed E-state index contributed by atoms with van der Waals surface area (Å²) < 4.78 is 32.7. The molecule has 0 aliphatic heterocycles. The highest BCUT2D eigenvalue weighted by Crippen LogP contribution is 2.40. The summed E-state index contributed by atoms with van der Waals surface area (Å²) in [5.74, 6) is -0.0601. The Morgan fingerprint density at radius 3 is 2.83 bits per heavy atom. The summed E-state index contributed by atoms with van der Waals surface area (Å²) in [6, 6.07) is 3.89. The Balaban J connectivity index is 1.82. The quantitative estimate of drug-likeness (QED) is 0.749. The summed E-state index contributed by atoms with van der Waals surface area (Å²) in [5.41, 5.74) is 1.41. The molecular formula is C17H23NO4S. The summed E-state index contributed by atoms with van der Waals surface area (Å²) in [5, 5.41) is -0.746. The maximum Gasteiger partial charge on any atom is 0.335 e. The van der Waals surface area contributed by atoms with Crippen LogP contribution in [0.3, 0.4) is 0 Å². The van der Waals surface area contributed by atoms with Gasteiger partial charge in [0, 0.05) is 11.9 Å². The molecule has 1 heterocycles. The number of ether oxygens (including phenoxy) is 1. The van der Waals surface area contributed by atoms with Crippen LogP contribution in [0.5, 0.6) is 0 Å². The number of nitrogens with zero attached hydrogens (tertiary/aromatic N) is 1. The molecule has 1 atom stereocenters. The largest absolute Gasteiger partial charge is 0.463 e. The van der Waals surface area contributed by atoms with E-state index in [2.05, 4.69) is 0 Å². The lowest BCUT2D eigenvalue weighted by molar-refractivity contribution is -0.138. The van der Waals surface area contributed by atoms with E-state index in [0.717, 1.165) is 31.4 Å². The zero-order valence-corrected chi connectivity index (χ0v) is 14.2. The van der Waals surface area contributed by atoms with Gasteiger partial charge in [-0.1, -0.05) is 6.08 Å². The van der Waals surface area contributed by atoms with Crippen molar-refractivity contribution in [2.75, 3.05) is 6.61 Å². The Morgan fingerprint density at radius 2 is 2.13 bits per heavy atom. The third-order valence-corrected chi connectivity index (χ3v) is 6.50. The molecule has 5 nitrogen and oxygen atoms in total. The van der Waals surface area contributed by atoms with E-state index in [1.807, 2.05) is 22.9 Å². The molecule has 3 rings (SSSR count). The summed E-state index contributed by atoms with van der Waals surface area (Å²) in [6.45, 7) is 1.99. The minimum Gasteiger partial charge on any atom is -0.463 e. The Morgan fingerprint density at radius 1 is 1.35 bits per heavy atom. The Kier molecular flexibility index (Phi) is 4.62. The van der Waals surface area contributed by atoms with E-state index < -0.39 is 21.1 Å². The number of carbonyl (C=O) groups excluding carboxylic acids is 1. The van der Waals surface area contributed by atoms with Crippen LogP contribution < -0.4 is 0 Å². The molecule has 2 aliphatic carbocycles. The highest BCUT2D eigenvalue weighted by Gasteiger charge is 2.36. The molecule has 0 bridgehead atoms. The predicted octanol–water partition coefficient (Wildman–Crippen LogP) is 2.78. The Labute approximate surface area is 137 Å². The van der Waals surface area contributed by atoms with Gasteiger partial charge < -0.3 is 9.30 Å². The number of aromatic nitrogens is 1. The van der Waals surface area contributed by atoms with E-state index in [0.29, 0.717) is 17.9 Å². The van der Waals surface area contributed by atoms with Gasteiger partial charge >= 0.3 is 5.97 Å². The van der Waals surface area contributed by atoms with E-state index in [9.17, 15) is 13.2 Å². The first-order valence-electron chi connectivity index (χ1n) is 8.26. The van der Waals surface area contributed by atoms with E-state index in [4.69, 9.17) is 4.74 Å². The molecule has 1 aromatic rings. The first kappa shape index (κ1) is 16.3. The van der Waals surface area contributed by atoms with Crippen molar-refractivity contribution in [1.82, 2.24) is 4.57 Å². The first-order chi connectivity index (χ1) is 11.0. The van der Waals surface area contributed by atoms with Crippen LogP contribution >= 0.6 is 0 Å². The molecule has 1 fully saturated rings. The van der Waals surface area contributed by atoms with Crippen molar-refractivity contribution < 1.29 is 17.9 Å². The van der Waals surface area contributed by atoms with Gasteiger partial charge in [0.15, 0.2) is 9.84 Å². The molecule has 1 unspecified atom stereocenters. The molecular weight excluding hydrogens is 314 g/mol. The van der Waals surface area contributed by atoms with Gasteiger partial charge in [-0.25, -0.2) is 13.2 Å². The topological polar surface area (TPSA) is 65.4 Å². The zero-order chi connectivity index (χ0) is 16.4. The first-order valence-corrected chi connectivity index (χ1v) is 9.98. The highest BCUT2D eigenvalue weighted by molar-refractivity contribution is 7.91. The number of rotatable bonds is 6. The average Bonchev–Trinajstić information content (AvgIpc) is 3.28. The molecule has 23 heavy (non-hydrogen) atoms. The third-order valence-electron chi connectivity index (χ3n) is 4.51. The van der Waals surface area contributed by atoms with Gasteiger partial charge in [0.25, 0.3) is 0 Å². The van der Waals surface area contributed by atoms with Crippen LogP contribution in [-0.2, 0) is 25.2 Å². The molecule has 0 aromatic carbocycles.